The fraction of sp³-hybridized carbons (Fsp3) is 0.357. The number of carbonyl (C=O) groups is 1. The Morgan fingerprint density at radius 1 is 1.41 bits per heavy atom. The van der Waals surface area contributed by atoms with Crippen molar-refractivity contribution in [1.29, 1.82) is 5.26 Å². The number of hydrogen-bond acceptors (Lipinski definition) is 5. The number of hydrogen-bond donors (Lipinski definition) is 3. The molecular weight excluding hydrogens is 320 g/mol. The Bertz CT molecular complexity index is 546. The number of rotatable bonds is 7. The molecule has 1 aromatic carbocycles. The zero-order valence-electron chi connectivity index (χ0n) is 12.2. The van der Waals surface area contributed by atoms with Crippen LogP contribution in [0.15, 0.2) is 24.3 Å². The van der Waals surface area contributed by atoms with Crippen LogP contribution in [0.1, 0.15) is 12.0 Å². The summed E-state index contributed by atoms with van der Waals surface area (Å²) in [5.74, 6) is 1.03. The number of amides is 1. The number of benzene rings is 1. The van der Waals surface area contributed by atoms with E-state index in [0.717, 1.165) is 18.7 Å². The summed E-state index contributed by atoms with van der Waals surface area (Å²) in [6.45, 7) is 0.537. The van der Waals surface area contributed by atoms with Crippen LogP contribution in [0.4, 0.5) is 0 Å². The molecule has 0 saturated carbocycles. The van der Waals surface area contributed by atoms with Crippen LogP contribution in [0.5, 0.6) is 5.75 Å². The average molecular weight is 338 g/mol. The molecule has 0 heterocycles. The van der Waals surface area contributed by atoms with E-state index < -0.39 is 0 Å². The monoisotopic (exact) mass is 338 g/mol. The first-order chi connectivity index (χ1) is 10.7. The summed E-state index contributed by atoms with van der Waals surface area (Å²) >= 11 is 6.78. The van der Waals surface area contributed by atoms with Gasteiger partial charge in [0.15, 0.2) is 11.7 Å². The molecule has 0 aliphatic carbocycles. The summed E-state index contributed by atoms with van der Waals surface area (Å²) in [7, 11) is 0. The Morgan fingerprint density at radius 2 is 2.18 bits per heavy atom. The SMILES string of the molecule is CSCCCNC(=S)NNC(=O)COc1ccccc1C#N. The highest BCUT2D eigenvalue weighted by Crippen LogP contribution is 2.15. The van der Waals surface area contributed by atoms with Gasteiger partial charge in [-0.1, -0.05) is 12.1 Å². The van der Waals surface area contributed by atoms with Gasteiger partial charge in [0.05, 0.1) is 5.56 Å². The number of nitrogens with zero attached hydrogens (tertiary/aromatic N) is 1. The predicted octanol–water partition coefficient (Wildman–Crippen LogP) is 1.19. The van der Waals surface area contributed by atoms with Crippen molar-refractivity contribution in [3.8, 4) is 11.8 Å². The van der Waals surface area contributed by atoms with Crippen LogP contribution in [0.25, 0.3) is 0 Å². The standard InChI is InChI=1S/C14H18N4O2S2/c1-22-8-4-7-16-14(21)18-17-13(19)10-20-12-6-3-2-5-11(12)9-15/h2-3,5-6H,4,7-8,10H2,1H3,(H,17,19)(H2,16,18,21). The number of para-hydroxylation sites is 1. The van der Waals surface area contributed by atoms with Gasteiger partial charge >= 0.3 is 0 Å². The van der Waals surface area contributed by atoms with Crippen molar-refractivity contribution in [3.63, 3.8) is 0 Å². The van der Waals surface area contributed by atoms with E-state index in [2.05, 4.69) is 16.2 Å². The summed E-state index contributed by atoms with van der Waals surface area (Å²) in [6.07, 6.45) is 3.03. The van der Waals surface area contributed by atoms with Crippen LogP contribution in [0.2, 0.25) is 0 Å². The van der Waals surface area contributed by atoms with Crippen LogP contribution >= 0.6 is 24.0 Å². The molecule has 6 nitrogen and oxygen atoms in total. The van der Waals surface area contributed by atoms with Crippen molar-refractivity contribution in [2.24, 2.45) is 0 Å². The van der Waals surface area contributed by atoms with Gasteiger partial charge in [-0.2, -0.15) is 17.0 Å². The molecule has 0 aromatic heterocycles. The number of carbonyl (C=O) groups excluding carboxylic acids is 1. The number of thioether (sulfide) groups is 1. The second-order valence-electron chi connectivity index (χ2n) is 4.17. The molecule has 1 amide bonds. The first-order valence-corrected chi connectivity index (χ1v) is 8.41. The molecule has 0 aliphatic rings. The average Bonchev–Trinajstić information content (AvgIpc) is 2.55. The van der Waals surface area contributed by atoms with Crippen LogP contribution in [0.3, 0.4) is 0 Å². The van der Waals surface area contributed by atoms with Crippen molar-refractivity contribution in [1.82, 2.24) is 16.2 Å². The minimum atomic E-state index is -0.388. The maximum atomic E-state index is 11.6. The summed E-state index contributed by atoms with van der Waals surface area (Å²) in [6, 6.07) is 8.72. The fourth-order valence-corrected chi connectivity index (χ4v) is 2.04. The van der Waals surface area contributed by atoms with E-state index in [0.29, 0.717) is 16.4 Å². The molecule has 0 saturated heterocycles. The van der Waals surface area contributed by atoms with Crippen molar-refractivity contribution in [2.45, 2.75) is 6.42 Å². The van der Waals surface area contributed by atoms with Gasteiger partial charge in [-0.15, -0.1) is 0 Å². The highest BCUT2D eigenvalue weighted by molar-refractivity contribution is 7.98. The van der Waals surface area contributed by atoms with Crippen molar-refractivity contribution < 1.29 is 9.53 Å². The first kappa shape index (κ1) is 18.1. The molecular formula is C14H18N4O2S2. The fourth-order valence-electron chi connectivity index (χ4n) is 1.45. The molecule has 118 valence electrons. The lowest BCUT2D eigenvalue weighted by Crippen LogP contribution is -2.48. The Kier molecular flexibility index (Phi) is 8.79. The van der Waals surface area contributed by atoms with Gasteiger partial charge in [-0.05, 0) is 42.8 Å². The maximum Gasteiger partial charge on any atom is 0.276 e. The van der Waals surface area contributed by atoms with E-state index in [9.17, 15) is 4.79 Å². The summed E-state index contributed by atoms with van der Waals surface area (Å²) in [5, 5.41) is 12.2. The second kappa shape index (κ2) is 10.7. The molecule has 0 spiro atoms. The number of thiocarbonyl (C=S) groups is 1. The van der Waals surface area contributed by atoms with E-state index in [4.69, 9.17) is 22.2 Å². The third-order valence-corrected chi connectivity index (χ3v) is 3.44. The lowest BCUT2D eigenvalue weighted by atomic mass is 10.2. The van der Waals surface area contributed by atoms with Gasteiger partial charge in [0.25, 0.3) is 5.91 Å². The van der Waals surface area contributed by atoms with Gasteiger partial charge in [0, 0.05) is 6.54 Å². The smallest absolute Gasteiger partial charge is 0.276 e. The largest absolute Gasteiger partial charge is 0.482 e. The van der Waals surface area contributed by atoms with Gasteiger partial charge < -0.3 is 10.1 Å². The lowest BCUT2D eigenvalue weighted by molar-refractivity contribution is -0.123. The molecule has 22 heavy (non-hydrogen) atoms. The quantitative estimate of drug-likeness (QED) is 0.391. The van der Waals surface area contributed by atoms with E-state index >= 15 is 0 Å². The maximum absolute atomic E-state index is 11.6. The molecule has 3 N–H and O–H groups in total. The Balaban J connectivity index is 2.24. The third kappa shape index (κ3) is 7.15. The number of nitrogens with one attached hydrogen (secondary N) is 3. The van der Waals surface area contributed by atoms with E-state index in [1.165, 1.54) is 0 Å². The molecule has 0 fully saturated rings. The Labute approximate surface area is 139 Å². The van der Waals surface area contributed by atoms with Crippen LogP contribution in [-0.4, -0.2) is 36.2 Å². The van der Waals surface area contributed by atoms with E-state index in [-0.39, 0.29) is 12.5 Å². The summed E-state index contributed by atoms with van der Waals surface area (Å²) < 4.78 is 5.29. The van der Waals surface area contributed by atoms with E-state index in [1.807, 2.05) is 12.3 Å². The molecule has 1 rings (SSSR count). The highest BCUT2D eigenvalue weighted by atomic mass is 32.2. The summed E-state index contributed by atoms with van der Waals surface area (Å²) in [4.78, 5) is 11.6. The summed E-state index contributed by atoms with van der Waals surface area (Å²) in [5.41, 5.74) is 5.40. The molecule has 8 heteroatoms. The minimum Gasteiger partial charge on any atom is -0.482 e. The van der Waals surface area contributed by atoms with Crippen molar-refractivity contribution >= 4 is 35.0 Å². The number of nitriles is 1. The molecule has 1 aromatic rings. The van der Waals surface area contributed by atoms with Crippen LogP contribution in [-0.2, 0) is 4.79 Å². The Hall–Kier alpha value is -1.98. The normalized spacial score (nSPS) is 9.45. The molecule has 0 unspecified atom stereocenters. The van der Waals surface area contributed by atoms with Crippen molar-refractivity contribution in [3.05, 3.63) is 29.8 Å². The molecule has 0 aliphatic heterocycles. The van der Waals surface area contributed by atoms with Crippen LogP contribution in [0, 0.1) is 11.3 Å². The molecule has 0 atom stereocenters. The molecule has 0 bridgehead atoms. The highest BCUT2D eigenvalue weighted by Gasteiger charge is 2.06. The Morgan fingerprint density at radius 3 is 2.91 bits per heavy atom. The zero-order valence-corrected chi connectivity index (χ0v) is 13.9. The number of ether oxygens (including phenoxy) is 1. The molecule has 0 radical (unpaired) electrons. The third-order valence-electron chi connectivity index (χ3n) is 2.49. The minimum absolute atomic E-state index is 0.208. The number of hydrazine groups is 1. The van der Waals surface area contributed by atoms with Crippen molar-refractivity contribution in [2.75, 3.05) is 25.2 Å². The second-order valence-corrected chi connectivity index (χ2v) is 5.57. The van der Waals surface area contributed by atoms with Gasteiger partial charge in [-0.25, -0.2) is 0 Å². The van der Waals surface area contributed by atoms with Crippen LogP contribution < -0.4 is 20.9 Å². The lowest BCUT2D eigenvalue weighted by Gasteiger charge is -2.12. The van der Waals surface area contributed by atoms with Gasteiger partial charge in [-0.3, -0.25) is 15.6 Å². The zero-order chi connectivity index (χ0) is 16.2. The topological polar surface area (TPSA) is 86.2 Å². The van der Waals surface area contributed by atoms with Gasteiger partial charge in [0.2, 0.25) is 0 Å². The first-order valence-electron chi connectivity index (χ1n) is 6.61. The van der Waals surface area contributed by atoms with Gasteiger partial charge in [0.1, 0.15) is 11.8 Å². The predicted molar refractivity (Wildman–Crippen MR) is 91.5 cm³/mol. The van der Waals surface area contributed by atoms with E-state index in [1.54, 1.807) is 36.0 Å².